The number of carbonyl (C=O) groups is 1. The first-order chi connectivity index (χ1) is 7.86. The van der Waals surface area contributed by atoms with Gasteiger partial charge in [0.05, 0.1) is 6.61 Å². The topological polar surface area (TPSA) is 43.8 Å². The molecule has 1 fully saturated rings. The number of hydrogen-bond donors (Lipinski definition) is 1. The SMILES string of the molecule is CN1CCC(N(CCO)C(=O)C(C)(C)C)CC1. The van der Waals surface area contributed by atoms with E-state index < -0.39 is 0 Å². The van der Waals surface area contributed by atoms with Gasteiger partial charge in [-0.1, -0.05) is 20.8 Å². The number of carbonyl (C=O) groups excluding carboxylic acids is 1. The third kappa shape index (κ3) is 3.96. The fraction of sp³-hybridized carbons (Fsp3) is 0.923. The van der Waals surface area contributed by atoms with Crippen molar-refractivity contribution in [3.63, 3.8) is 0 Å². The number of amides is 1. The van der Waals surface area contributed by atoms with Gasteiger partial charge < -0.3 is 14.9 Å². The van der Waals surface area contributed by atoms with Gasteiger partial charge in [0.2, 0.25) is 5.91 Å². The molecule has 1 aliphatic heterocycles. The highest BCUT2D eigenvalue weighted by atomic mass is 16.3. The third-order valence-corrected chi connectivity index (χ3v) is 3.37. The van der Waals surface area contributed by atoms with E-state index in [2.05, 4.69) is 11.9 Å². The van der Waals surface area contributed by atoms with Crippen LogP contribution in [0.3, 0.4) is 0 Å². The van der Waals surface area contributed by atoms with Crippen molar-refractivity contribution in [3.8, 4) is 0 Å². The maximum absolute atomic E-state index is 12.3. The van der Waals surface area contributed by atoms with Crippen molar-refractivity contribution in [2.45, 2.75) is 39.7 Å². The van der Waals surface area contributed by atoms with Crippen LogP contribution in [0.5, 0.6) is 0 Å². The Morgan fingerprint density at radius 3 is 2.29 bits per heavy atom. The Morgan fingerprint density at radius 2 is 1.88 bits per heavy atom. The van der Waals surface area contributed by atoms with Crippen LogP contribution >= 0.6 is 0 Å². The minimum absolute atomic E-state index is 0.0498. The summed E-state index contributed by atoms with van der Waals surface area (Å²) in [6, 6.07) is 0.296. The van der Waals surface area contributed by atoms with Crippen molar-refractivity contribution in [3.05, 3.63) is 0 Å². The van der Waals surface area contributed by atoms with Crippen molar-refractivity contribution in [2.24, 2.45) is 5.41 Å². The first kappa shape index (κ1) is 14.5. The molecule has 0 unspecified atom stereocenters. The van der Waals surface area contributed by atoms with E-state index in [-0.39, 0.29) is 17.9 Å². The second-order valence-corrected chi connectivity index (χ2v) is 6.01. The van der Waals surface area contributed by atoms with Crippen molar-refractivity contribution in [2.75, 3.05) is 33.3 Å². The number of aliphatic hydroxyl groups is 1. The second-order valence-electron chi connectivity index (χ2n) is 6.01. The van der Waals surface area contributed by atoms with Gasteiger partial charge in [0.25, 0.3) is 0 Å². The molecule has 1 rings (SSSR count). The Kier molecular flexibility index (Phi) is 4.95. The average molecular weight is 242 g/mol. The molecule has 0 aromatic rings. The molecule has 0 spiro atoms. The zero-order valence-corrected chi connectivity index (χ0v) is 11.6. The predicted molar refractivity (Wildman–Crippen MR) is 68.8 cm³/mol. The van der Waals surface area contributed by atoms with Crippen molar-refractivity contribution < 1.29 is 9.90 Å². The monoisotopic (exact) mass is 242 g/mol. The van der Waals surface area contributed by atoms with Crippen LogP contribution in [0, 0.1) is 5.41 Å². The highest BCUT2D eigenvalue weighted by Crippen LogP contribution is 2.23. The molecule has 0 radical (unpaired) electrons. The first-order valence-electron chi connectivity index (χ1n) is 6.46. The van der Waals surface area contributed by atoms with Gasteiger partial charge >= 0.3 is 0 Å². The van der Waals surface area contributed by atoms with Gasteiger partial charge in [-0.3, -0.25) is 4.79 Å². The lowest BCUT2D eigenvalue weighted by atomic mass is 9.92. The molecule has 0 aromatic heterocycles. The molecule has 1 N–H and O–H groups in total. The molecular weight excluding hydrogens is 216 g/mol. The quantitative estimate of drug-likeness (QED) is 0.801. The van der Waals surface area contributed by atoms with E-state index in [0.29, 0.717) is 12.6 Å². The predicted octanol–water partition coefficient (Wildman–Crippen LogP) is 0.948. The van der Waals surface area contributed by atoms with E-state index in [4.69, 9.17) is 5.11 Å². The molecule has 0 atom stereocenters. The maximum atomic E-state index is 12.3. The summed E-state index contributed by atoms with van der Waals surface area (Å²) in [6.45, 7) is 8.39. The lowest BCUT2D eigenvalue weighted by Crippen LogP contribution is -2.51. The Labute approximate surface area is 105 Å². The van der Waals surface area contributed by atoms with Crippen LogP contribution in [-0.2, 0) is 4.79 Å². The van der Waals surface area contributed by atoms with Crippen LogP contribution < -0.4 is 0 Å². The van der Waals surface area contributed by atoms with Gasteiger partial charge in [0.15, 0.2) is 0 Å². The lowest BCUT2D eigenvalue weighted by Gasteiger charge is -2.39. The number of piperidine rings is 1. The smallest absolute Gasteiger partial charge is 0.228 e. The van der Waals surface area contributed by atoms with Gasteiger partial charge in [0.1, 0.15) is 0 Å². The van der Waals surface area contributed by atoms with Crippen LogP contribution in [-0.4, -0.2) is 60.1 Å². The van der Waals surface area contributed by atoms with E-state index >= 15 is 0 Å². The van der Waals surface area contributed by atoms with Gasteiger partial charge in [0, 0.05) is 18.0 Å². The Morgan fingerprint density at radius 1 is 1.35 bits per heavy atom. The average Bonchev–Trinajstić information content (AvgIpc) is 2.25. The summed E-state index contributed by atoms with van der Waals surface area (Å²) in [4.78, 5) is 16.5. The lowest BCUT2D eigenvalue weighted by molar-refractivity contribution is -0.143. The third-order valence-electron chi connectivity index (χ3n) is 3.37. The maximum Gasteiger partial charge on any atom is 0.228 e. The number of hydrogen-bond acceptors (Lipinski definition) is 3. The van der Waals surface area contributed by atoms with E-state index in [1.807, 2.05) is 25.7 Å². The van der Waals surface area contributed by atoms with E-state index in [1.165, 1.54) is 0 Å². The molecule has 0 aliphatic carbocycles. The standard InChI is InChI=1S/C13H26N2O2/c1-13(2,3)12(17)15(9-10-16)11-5-7-14(4)8-6-11/h11,16H,5-10H2,1-4H3. The van der Waals surface area contributed by atoms with E-state index in [9.17, 15) is 4.79 Å². The molecule has 0 bridgehead atoms. The molecule has 100 valence electrons. The van der Waals surface area contributed by atoms with E-state index in [1.54, 1.807) is 0 Å². The molecule has 17 heavy (non-hydrogen) atoms. The Hall–Kier alpha value is -0.610. The summed E-state index contributed by atoms with van der Waals surface area (Å²) in [5.74, 6) is 0.154. The fourth-order valence-corrected chi connectivity index (χ4v) is 2.30. The molecule has 0 saturated carbocycles. The van der Waals surface area contributed by atoms with Crippen LogP contribution in [0.2, 0.25) is 0 Å². The molecule has 4 heteroatoms. The molecule has 1 heterocycles. The zero-order valence-electron chi connectivity index (χ0n) is 11.6. The zero-order chi connectivity index (χ0) is 13.1. The van der Waals surface area contributed by atoms with E-state index in [0.717, 1.165) is 25.9 Å². The fourth-order valence-electron chi connectivity index (χ4n) is 2.30. The number of likely N-dealkylation sites (tertiary alicyclic amines) is 1. The summed E-state index contributed by atoms with van der Waals surface area (Å²) < 4.78 is 0. The molecule has 1 saturated heterocycles. The van der Waals surface area contributed by atoms with Gasteiger partial charge in [-0.15, -0.1) is 0 Å². The summed E-state index contributed by atoms with van der Waals surface area (Å²) in [5, 5.41) is 9.13. The molecule has 0 aromatic carbocycles. The number of aliphatic hydroxyl groups excluding tert-OH is 1. The van der Waals surface area contributed by atoms with Gasteiger partial charge in [-0.2, -0.15) is 0 Å². The normalized spacial score (nSPS) is 19.4. The first-order valence-corrected chi connectivity index (χ1v) is 6.46. The highest BCUT2D eigenvalue weighted by Gasteiger charge is 2.32. The Balaban J connectivity index is 2.68. The van der Waals surface area contributed by atoms with Crippen LogP contribution in [0.15, 0.2) is 0 Å². The van der Waals surface area contributed by atoms with Gasteiger partial charge in [-0.05, 0) is 33.0 Å². The summed E-state index contributed by atoms with van der Waals surface area (Å²) in [5.41, 5.74) is -0.363. The number of nitrogens with zero attached hydrogens (tertiary/aromatic N) is 2. The highest BCUT2D eigenvalue weighted by molar-refractivity contribution is 5.81. The molecule has 1 amide bonds. The second kappa shape index (κ2) is 5.83. The van der Waals surface area contributed by atoms with Crippen LogP contribution in [0.4, 0.5) is 0 Å². The summed E-state index contributed by atoms with van der Waals surface area (Å²) in [6.07, 6.45) is 2.02. The minimum Gasteiger partial charge on any atom is -0.395 e. The van der Waals surface area contributed by atoms with Crippen molar-refractivity contribution in [1.82, 2.24) is 9.80 Å². The Bertz CT molecular complexity index is 253. The largest absolute Gasteiger partial charge is 0.395 e. The van der Waals surface area contributed by atoms with Crippen molar-refractivity contribution >= 4 is 5.91 Å². The van der Waals surface area contributed by atoms with Crippen molar-refractivity contribution in [1.29, 1.82) is 0 Å². The van der Waals surface area contributed by atoms with Gasteiger partial charge in [-0.25, -0.2) is 0 Å². The molecule has 1 aliphatic rings. The molecule has 4 nitrogen and oxygen atoms in total. The van der Waals surface area contributed by atoms with Crippen LogP contribution in [0.25, 0.3) is 0 Å². The minimum atomic E-state index is -0.363. The summed E-state index contributed by atoms with van der Waals surface area (Å²) >= 11 is 0. The summed E-state index contributed by atoms with van der Waals surface area (Å²) in [7, 11) is 2.11. The molecular formula is C13H26N2O2. The van der Waals surface area contributed by atoms with Crippen LogP contribution in [0.1, 0.15) is 33.6 Å². The number of rotatable bonds is 3.